The topological polar surface area (TPSA) is 55.8 Å². The first kappa shape index (κ1) is 15.4. The van der Waals surface area contributed by atoms with E-state index in [-0.39, 0.29) is 0 Å². The van der Waals surface area contributed by atoms with Crippen molar-refractivity contribution in [3.8, 4) is 0 Å². The first-order chi connectivity index (χ1) is 7.27. The Morgan fingerprint density at radius 3 is 2.06 bits per heavy atom. The summed E-state index contributed by atoms with van der Waals surface area (Å²) in [6.45, 7) is 9.31. The molecule has 0 bridgehead atoms. The molecule has 0 spiro atoms. The zero-order valence-electron chi connectivity index (χ0n) is 11.0. The maximum atomic E-state index is 11.3. The van der Waals surface area contributed by atoms with Crippen molar-refractivity contribution in [2.45, 2.75) is 71.5 Å². The lowest BCUT2D eigenvalue weighted by molar-refractivity contribution is -0.398. The molecule has 1 atom stereocenters. The Bertz CT molecular complexity index is 220. The Morgan fingerprint density at radius 1 is 1.19 bits per heavy atom. The van der Waals surface area contributed by atoms with Gasteiger partial charge in [-0.15, -0.1) is 0 Å². The van der Waals surface area contributed by atoms with Crippen LogP contribution in [0.1, 0.15) is 60.3 Å². The van der Waals surface area contributed by atoms with Crippen LogP contribution in [0.15, 0.2) is 0 Å². The van der Waals surface area contributed by atoms with Crippen LogP contribution in [-0.2, 0) is 14.6 Å². The van der Waals surface area contributed by atoms with Gasteiger partial charge in [0.15, 0.2) is 5.60 Å². The summed E-state index contributed by atoms with van der Waals surface area (Å²) >= 11 is 0. The van der Waals surface area contributed by atoms with E-state index in [4.69, 9.17) is 9.78 Å². The second kappa shape index (κ2) is 6.21. The highest BCUT2D eigenvalue weighted by atomic mass is 17.2. The quantitative estimate of drug-likeness (QED) is 0.541. The number of carboxylic acids is 1. The third kappa shape index (κ3) is 4.94. The van der Waals surface area contributed by atoms with Crippen LogP contribution in [0.4, 0.5) is 0 Å². The molecule has 0 aromatic carbocycles. The van der Waals surface area contributed by atoms with Crippen molar-refractivity contribution >= 4 is 5.97 Å². The highest BCUT2D eigenvalue weighted by molar-refractivity contribution is 5.77. The standard InChI is InChI=1S/C12H24O4/c1-6-8-9-12(7-2,10(13)14)16-15-11(3,4)5/h6-9H2,1-5H3,(H,13,14). The van der Waals surface area contributed by atoms with Crippen molar-refractivity contribution in [3.05, 3.63) is 0 Å². The Hall–Kier alpha value is -0.610. The number of hydrogen-bond donors (Lipinski definition) is 1. The highest BCUT2D eigenvalue weighted by Crippen LogP contribution is 2.26. The van der Waals surface area contributed by atoms with Gasteiger partial charge in [0.25, 0.3) is 0 Å². The second-order valence-corrected chi connectivity index (χ2v) is 5.04. The summed E-state index contributed by atoms with van der Waals surface area (Å²) in [7, 11) is 0. The van der Waals surface area contributed by atoms with Crippen LogP contribution < -0.4 is 0 Å². The fourth-order valence-electron chi connectivity index (χ4n) is 1.24. The Labute approximate surface area is 97.9 Å². The predicted octanol–water partition coefficient (Wildman–Crippen LogP) is 3.16. The minimum Gasteiger partial charge on any atom is -0.479 e. The van der Waals surface area contributed by atoms with Gasteiger partial charge in [-0.3, -0.25) is 0 Å². The van der Waals surface area contributed by atoms with Crippen LogP contribution >= 0.6 is 0 Å². The fraction of sp³-hybridized carbons (Fsp3) is 0.917. The average molecular weight is 232 g/mol. The van der Waals surface area contributed by atoms with Crippen molar-refractivity contribution in [2.75, 3.05) is 0 Å². The number of carboxylic acid groups (broad SMARTS) is 1. The van der Waals surface area contributed by atoms with Crippen LogP contribution in [0.2, 0.25) is 0 Å². The van der Waals surface area contributed by atoms with Crippen LogP contribution in [-0.4, -0.2) is 22.3 Å². The van der Waals surface area contributed by atoms with Crippen LogP contribution in [0.25, 0.3) is 0 Å². The van der Waals surface area contributed by atoms with Gasteiger partial charge in [0.1, 0.15) is 0 Å². The summed E-state index contributed by atoms with van der Waals surface area (Å²) in [6.07, 6.45) is 2.63. The van der Waals surface area contributed by atoms with Gasteiger partial charge in [-0.25, -0.2) is 14.6 Å². The van der Waals surface area contributed by atoms with E-state index in [0.717, 1.165) is 12.8 Å². The molecule has 0 rings (SSSR count). The van der Waals surface area contributed by atoms with Crippen molar-refractivity contribution in [3.63, 3.8) is 0 Å². The third-order valence-corrected chi connectivity index (χ3v) is 2.35. The number of rotatable bonds is 7. The van der Waals surface area contributed by atoms with Gasteiger partial charge >= 0.3 is 5.97 Å². The van der Waals surface area contributed by atoms with Crippen molar-refractivity contribution in [1.29, 1.82) is 0 Å². The minimum atomic E-state index is -1.21. The van der Waals surface area contributed by atoms with Crippen LogP contribution in [0.5, 0.6) is 0 Å². The minimum absolute atomic E-state index is 0.401. The molecular formula is C12H24O4. The van der Waals surface area contributed by atoms with E-state index >= 15 is 0 Å². The molecule has 0 aliphatic heterocycles. The maximum absolute atomic E-state index is 11.3. The predicted molar refractivity (Wildman–Crippen MR) is 62.1 cm³/mol. The first-order valence-electron chi connectivity index (χ1n) is 5.87. The number of hydrogen-bond acceptors (Lipinski definition) is 3. The molecule has 16 heavy (non-hydrogen) atoms. The number of unbranched alkanes of at least 4 members (excludes halogenated alkanes) is 1. The van der Waals surface area contributed by atoms with Gasteiger partial charge in [-0.2, -0.15) is 0 Å². The van der Waals surface area contributed by atoms with Crippen molar-refractivity contribution < 1.29 is 19.7 Å². The van der Waals surface area contributed by atoms with E-state index < -0.39 is 17.2 Å². The fourth-order valence-corrected chi connectivity index (χ4v) is 1.24. The van der Waals surface area contributed by atoms with E-state index in [1.54, 1.807) is 6.92 Å². The molecule has 4 nitrogen and oxygen atoms in total. The van der Waals surface area contributed by atoms with E-state index in [2.05, 4.69) is 0 Å². The summed E-state index contributed by atoms with van der Waals surface area (Å²) in [5, 5.41) is 9.24. The SMILES string of the molecule is CCCCC(CC)(OOC(C)(C)C)C(=O)O. The molecule has 0 aromatic heterocycles. The van der Waals surface area contributed by atoms with Crippen molar-refractivity contribution in [2.24, 2.45) is 0 Å². The zero-order chi connectivity index (χ0) is 12.8. The normalized spacial score (nSPS) is 15.8. The summed E-state index contributed by atoms with van der Waals surface area (Å²) in [5.74, 6) is -0.951. The zero-order valence-corrected chi connectivity index (χ0v) is 11.0. The third-order valence-electron chi connectivity index (χ3n) is 2.35. The molecule has 1 unspecified atom stereocenters. The Morgan fingerprint density at radius 2 is 1.75 bits per heavy atom. The molecule has 0 saturated heterocycles. The molecule has 1 N–H and O–H groups in total. The molecule has 0 aliphatic rings. The largest absolute Gasteiger partial charge is 0.479 e. The highest BCUT2D eigenvalue weighted by Gasteiger charge is 2.40. The average Bonchev–Trinajstić information content (AvgIpc) is 2.17. The second-order valence-electron chi connectivity index (χ2n) is 5.04. The van der Waals surface area contributed by atoms with Crippen LogP contribution in [0.3, 0.4) is 0 Å². The van der Waals surface area contributed by atoms with Gasteiger partial charge in [-0.05, 0) is 33.6 Å². The molecule has 96 valence electrons. The summed E-state index contributed by atoms with van der Waals surface area (Å²) in [4.78, 5) is 21.6. The Balaban J connectivity index is 4.57. The van der Waals surface area contributed by atoms with Crippen molar-refractivity contribution in [1.82, 2.24) is 0 Å². The lowest BCUT2D eigenvalue weighted by Gasteiger charge is -2.30. The lowest BCUT2D eigenvalue weighted by Crippen LogP contribution is -2.43. The van der Waals surface area contributed by atoms with Gasteiger partial charge in [-0.1, -0.05) is 26.7 Å². The molecule has 4 heteroatoms. The first-order valence-corrected chi connectivity index (χ1v) is 5.87. The molecular weight excluding hydrogens is 208 g/mol. The maximum Gasteiger partial charge on any atom is 0.339 e. The molecule has 0 radical (unpaired) electrons. The molecule has 0 amide bonds. The smallest absolute Gasteiger partial charge is 0.339 e. The molecule has 0 fully saturated rings. The summed E-state index contributed by atoms with van der Waals surface area (Å²) < 4.78 is 0. The molecule has 0 saturated carbocycles. The van der Waals surface area contributed by atoms with Gasteiger partial charge in [0.05, 0.1) is 5.60 Å². The molecule has 0 heterocycles. The summed E-state index contributed by atoms with van der Waals surface area (Å²) in [5.41, 5.74) is -1.70. The lowest BCUT2D eigenvalue weighted by atomic mass is 9.94. The Kier molecular flexibility index (Phi) is 5.97. The number of aliphatic carboxylic acids is 1. The van der Waals surface area contributed by atoms with E-state index in [1.807, 2.05) is 27.7 Å². The van der Waals surface area contributed by atoms with Gasteiger partial charge < -0.3 is 5.11 Å². The van der Waals surface area contributed by atoms with E-state index in [0.29, 0.717) is 12.8 Å². The molecule has 0 aliphatic carbocycles. The summed E-state index contributed by atoms with van der Waals surface area (Å²) in [6, 6.07) is 0. The monoisotopic (exact) mass is 232 g/mol. The van der Waals surface area contributed by atoms with Gasteiger partial charge in [0.2, 0.25) is 0 Å². The van der Waals surface area contributed by atoms with Crippen LogP contribution in [0, 0.1) is 0 Å². The number of carbonyl (C=O) groups is 1. The van der Waals surface area contributed by atoms with E-state index in [1.165, 1.54) is 0 Å². The van der Waals surface area contributed by atoms with E-state index in [9.17, 15) is 9.90 Å². The van der Waals surface area contributed by atoms with Gasteiger partial charge in [0, 0.05) is 0 Å². The molecule has 0 aromatic rings.